The van der Waals surface area contributed by atoms with Gasteiger partial charge in [0.1, 0.15) is 10.6 Å². The Morgan fingerprint density at radius 1 is 1.20 bits per heavy atom. The second-order valence-corrected chi connectivity index (χ2v) is 8.29. The maximum absolute atomic E-state index is 13.2. The molecule has 0 bridgehead atoms. The summed E-state index contributed by atoms with van der Waals surface area (Å²) in [6.45, 7) is 1.34. The normalized spacial score (nSPS) is 13.4. The van der Waals surface area contributed by atoms with Crippen LogP contribution >= 0.6 is 11.3 Å². The second kappa shape index (κ2) is 7.46. The van der Waals surface area contributed by atoms with Gasteiger partial charge in [-0.05, 0) is 47.9 Å². The Bertz CT molecular complexity index is 1300. The van der Waals surface area contributed by atoms with Gasteiger partial charge in [0.2, 0.25) is 0 Å². The van der Waals surface area contributed by atoms with Gasteiger partial charge in [0.25, 0.3) is 11.5 Å². The molecule has 0 radical (unpaired) electrons. The van der Waals surface area contributed by atoms with E-state index in [1.54, 1.807) is 28.2 Å². The first kappa shape index (κ1) is 18.6. The lowest BCUT2D eigenvalue weighted by atomic mass is 10.0. The number of amides is 1. The van der Waals surface area contributed by atoms with Crippen molar-refractivity contribution in [2.24, 2.45) is 0 Å². The van der Waals surface area contributed by atoms with Crippen LogP contribution in [-0.2, 0) is 19.5 Å². The molecule has 3 aromatic heterocycles. The fourth-order valence-corrected chi connectivity index (χ4v) is 4.96. The highest BCUT2D eigenvalue weighted by Gasteiger charge is 2.27. The molecule has 1 aromatic carbocycles. The van der Waals surface area contributed by atoms with Gasteiger partial charge in [0, 0.05) is 29.4 Å². The average Bonchev–Trinajstić information content (AvgIpc) is 3.15. The summed E-state index contributed by atoms with van der Waals surface area (Å²) < 4.78 is 14.8. The predicted octanol–water partition coefficient (Wildman–Crippen LogP) is 3.24. The molecule has 4 aromatic rings. The zero-order chi connectivity index (χ0) is 20.7. The van der Waals surface area contributed by atoms with E-state index in [4.69, 9.17) is 0 Å². The minimum Gasteiger partial charge on any atom is -0.333 e. The molecule has 150 valence electrons. The smallest absolute Gasteiger partial charge is 0.262 e. The SMILES string of the molecule is O=C(c1ccc(F)cc1)N1CCc2c(sc3ncn(Cc4cccnc4)c(=O)c23)C1. The molecule has 0 saturated carbocycles. The van der Waals surface area contributed by atoms with E-state index in [1.807, 2.05) is 12.1 Å². The number of rotatable bonds is 3. The summed E-state index contributed by atoms with van der Waals surface area (Å²) in [7, 11) is 0. The number of hydrogen-bond donors (Lipinski definition) is 0. The summed E-state index contributed by atoms with van der Waals surface area (Å²) in [5.74, 6) is -0.509. The number of thiophene rings is 1. The number of hydrogen-bond acceptors (Lipinski definition) is 5. The van der Waals surface area contributed by atoms with Crippen LogP contribution in [0.1, 0.15) is 26.4 Å². The Morgan fingerprint density at radius 3 is 2.80 bits per heavy atom. The van der Waals surface area contributed by atoms with Crippen LogP contribution in [0.25, 0.3) is 10.2 Å². The lowest BCUT2D eigenvalue weighted by Crippen LogP contribution is -2.35. The monoisotopic (exact) mass is 420 g/mol. The van der Waals surface area contributed by atoms with Gasteiger partial charge < -0.3 is 4.90 Å². The van der Waals surface area contributed by atoms with Crippen molar-refractivity contribution < 1.29 is 9.18 Å². The molecule has 0 aliphatic carbocycles. The standard InChI is InChI=1S/C22H17FN4O2S/c23-16-5-3-15(4-6-16)21(28)26-9-7-17-18(12-26)30-20-19(17)22(29)27(13-25-20)11-14-2-1-8-24-10-14/h1-6,8,10,13H,7,9,11-12H2. The summed E-state index contributed by atoms with van der Waals surface area (Å²) in [4.78, 5) is 37.9. The minimum atomic E-state index is -0.370. The first-order chi connectivity index (χ1) is 14.6. The molecule has 1 aliphatic heterocycles. The van der Waals surface area contributed by atoms with Crippen LogP contribution in [0.4, 0.5) is 4.39 Å². The van der Waals surface area contributed by atoms with E-state index in [0.717, 1.165) is 16.0 Å². The number of carbonyl (C=O) groups excluding carboxylic acids is 1. The van der Waals surface area contributed by atoms with Gasteiger partial charge in [-0.3, -0.25) is 19.1 Å². The molecule has 0 unspecified atom stereocenters. The van der Waals surface area contributed by atoms with Gasteiger partial charge in [-0.2, -0.15) is 0 Å². The molecular weight excluding hydrogens is 403 g/mol. The van der Waals surface area contributed by atoms with E-state index < -0.39 is 0 Å². The van der Waals surface area contributed by atoms with Gasteiger partial charge in [0.15, 0.2) is 0 Å². The number of halogens is 1. The van der Waals surface area contributed by atoms with Gasteiger partial charge in [0.05, 0.1) is 24.8 Å². The molecule has 1 amide bonds. The van der Waals surface area contributed by atoms with E-state index in [2.05, 4.69) is 9.97 Å². The molecule has 5 rings (SSSR count). The highest BCUT2D eigenvalue weighted by molar-refractivity contribution is 7.18. The molecule has 30 heavy (non-hydrogen) atoms. The van der Waals surface area contributed by atoms with Crippen LogP contribution in [-0.4, -0.2) is 31.9 Å². The predicted molar refractivity (Wildman–Crippen MR) is 112 cm³/mol. The zero-order valence-electron chi connectivity index (χ0n) is 15.9. The van der Waals surface area contributed by atoms with Crippen molar-refractivity contribution in [3.8, 4) is 0 Å². The van der Waals surface area contributed by atoms with Crippen LogP contribution < -0.4 is 5.56 Å². The number of carbonyl (C=O) groups is 1. The Hall–Kier alpha value is -3.39. The number of nitrogens with zero attached hydrogens (tertiary/aromatic N) is 4. The molecule has 0 spiro atoms. The van der Waals surface area contributed by atoms with Crippen molar-refractivity contribution in [2.75, 3.05) is 6.54 Å². The van der Waals surface area contributed by atoms with Gasteiger partial charge in [-0.25, -0.2) is 9.37 Å². The Kier molecular flexibility index (Phi) is 4.63. The molecule has 0 N–H and O–H groups in total. The van der Waals surface area contributed by atoms with Crippen molar-refractivity contribution in [2.45, 2.75) is 19.5 Å². The molecule has 4 heterocycles. The number of fused-ring (bicyclic) bond motifs is 3. The van der Waals surface area contributed by atoms with E-state index >= 15 is 0 Å². The van der Waals surface area contributed by atoms with Crippen LogP contribution in [0.5, 0.6) is 0 Å². The van der Waals surface area contributed by atoms with Crippen LogP contribution in [0.2, 0.25) is 0 Å². The third kappa shape index (κ3) is 3.29. The largest absolute Gasteiger partial charge is 0.333 e. The third-order valence-electron chi connectivity index (χ3n) is 5.28. The minimum absolute atomic E-state index is 0.0698. The van der Waals surface area contributed by atoms with Crippen molar-refractivity contribution in [3.05, 3.63) is 92.9 Å². The van der Waals surface area contributed by atoms with E-state index in [1.165, 1.54) is 35.6 Å². The van der Waals surface area contributed by atoms with Crippen molar-refractivity contribution in [1.82, 2.24) is 19.4 Å². The highest BCUT2D eigenvalue weighted by atomic mass is 32.1. The maximum Gasteiger partial charge on any atom is 0.262 e. The van der Waals surface area contributed by atoms with Crippen LogP contribution in [0.3, 0.4) is 0 Å². The lowest BCUT2D eigenvalue weighted by Gasteiger charge is -2.27. The fourth-order valence-electron chi connectivity index (χ4n) is 3.77. The van der Waals surface area contributed by atoms with E-state index in [9.17, 15) is 14.0 Å². The van der Waals surface area contributed by atoms with Crippen molar-refractivity contribution >= 4 is 27.5 Å². The Balaban J connectivity index is 1.46. The Morgan fingerprint density at radius 2 is 2.03 bits per heavy atom. The summed E-state index contributed by atoms with van der Waals surface area (Å²) in [5.41, 5.74) is 2.30. The maximum atomic E-state index is 13.2. The summed E-state index contributed by atoms with van der Waals surface area (Å²) in [6.07, 6.45) is 5.60. The Labute approximate surface area is 175 Å². The first-order valence-corrected chi connectivity index (χ1v) is 10.4. The first-order valence-electron chi connectivity index (χ1n) is 9.53. The molecule has 8 heteroatoms. The van der Waals surface area contributed by atoms with Gasteiger partial charge >= 0.3 is 0 Å². The zero-order valence-corrected chi connectivity index (χ0v) is 16.7. The van der Waals surface area contributed by atoms with E-state index in [-0.39, 0.29) is 17.3 Å². The second-order valence-electron chi connectivity index (χ2n) is 7.21. The quantitative estimate of drug-likeness (QED) is 0.510. The topological polar surface area (TPSA) is 68.1 Å². The number of benzene rings is 1. The van der Waals surface area contributed by atoms with Crippen molar-refractivity contribution in [1.29, 1.82) is 0 Å². The summed E-state index contributed by atoms with van der Waals surface area (Å²) in [5, 5.41) is 0.648. The number of pyridine rings is 1. The molecule has 0 fully saturated rings. The van der Waals surface area contributed by atoms with Gasteiger partial charge in [-0.1, -0.05) is 6.07 Å². The summed E-state index contributed by atoms with van der Waals surface area (Å²) in [6, 6.07) is 9.33. The van der Waals surface area contributed by atoms with Crippen molar-refractivity contribution in [3.63, 3.8) is 0 Å². The molecule has 0 saturated heterocycles. The van der Waals surface area contributed by atoms with Crippen LogP contribution in [0.15, 0.2) is 59.9 Å². The fraction of sp³-hybridized carbons (Fsp3) is 0.182. The average molecular weight is 420 g/mol. The third-order valence-corrected chi connectivity index (χ3v) is 6.41. The van der Waals surface area contributed by atoms with Crippen LogP contribution in [0, 0.1) is 5.82 Å². The number of aromatic nitrogens is 3. The summed E-state index contributed by atoms with van der Waals surface area (Å²) >= 11 is 1.46. The van der Waals surface area contributed by atoms with E-state index in [0.29, 0.717) is 41.8 Å². The highest BCUT2D eigenvalue weighted by Crippen LogP contribution is 2.32. The van der Waals surface area contributed by atoms with Gasteiger partial charge in [-0.15, -0.1) is 11.3 Å². The molecule has 0 atom stereocenters. The molecule has 1 aliphatic rings. The molecule has 6 nitrogen and oxygen atoms in total. The lowest BCUT2D eigenvalue weighted by molar-refractivity contribution is 0.0737. The molecular formula is C22H17FN4O2S.